The first-order valence-electron chi connectivity index (χ1n) is 5.03. The van der Waals surface area contributed by atoms with Crippen molar-refractivity contribution in [2.75, 3.05) is 3.53 Å². The van der Waals surface area contributed by atoms with E-state index in [1.165, 1.54) is 18.2 Å². The van der Waals surface area contributed by atoms with Gasteiger partial charge in [0.1, 0.15) is 4.90 Å². The van der Waals surface area contributed by atoms with Gasteiger partial charge in [0.25, 0.3) is 20.2 Å². The average Bonchev–Trinajstić information content (AvgIpc) is 2.34. The Bertz CT molecular complexity index is 891. The van der Waals surface area contributed by atoms with Crippen LogP contribution in [0.5, 0.6) is 0 Å². The number of fused-ring (bicyclic) bond motifs is 1. The summed E-state index contributed by atoms with van der Waals surface area (Å²) in [5.74, 6) is 0. The summed E-state index contributed by atoms with van der Waals surface area (Å²) >= 11 is 1.79. The van der Waals surface area contributed by atoms with Gasteiger partial charge in [-0.25, -0.2) is 0 Å². The van der Waals surface area contributed by atoms with E-state index in [4.69, 9.17) is 9.11 Å². The van der Waals surface area contributed by atoms with E-state index in [9.17, 15) is 16.8 Å². The Morgan fingerprint density at radius 3 is 2.05 bits per heavy atom. The van der Waals surface area contributed by atoms with E-state index >= 15 is 0 Å². The minimum atomic E-state index is -4.44. The van der Waals surface area contributed by atoms with Crippen LogP contribution in [-0.2, 0) is 20.2 Å². The lowest BCUT2D eigenvalue weighted by Gasteiger charge is -2.09. The summed E-state index contributed by atoms with van der Waals surface area (Å²) in [6, 6.07) is 5.97. The van der Waals surface area contributed by atoms with Crippen molar-refractivity contribution in [3.63, 3.8) is 0 Å². The van der Waals surface area contributed by atoms with E-state index < -0.39 is 20.2 Å². The largest absolute Gasteiger partial charge is 0.328 e. The molecule has 2 aromatic carbocycles. The first-order valence-corrected chi connectivity index (χ1v) is 8.99. The molecule has 0 atom stereocenters. The van der Waals surface area contributed by atoms with E-state index in [0.29, 0.717) is 5.69 Å². The number of halogens is 1. The molecule has 0 aromatic heterocycles. The molecule has 0 heterocycles. The summed E-state index contributed by atoms with van der Waals surface area (Å²) in [5.41, 5.74) is 0.443. The molecule has 0 amide bonds. The molecule has 20 heavy (non-hydrogen) atoms. The van der Waals surface area contributed by atoms with Gasteiger partial charge >= 0.3 is 0 Å². The molecule has 0 unspecified atom stereocenters. The van der Waals surface area contributed by atoms with Gasteiger partial charge in [-0.3, -0.25) is 9.11 Å². The molecule has 2 aromatic rings. The van der Waals surface area contributed by atoms with E-state index in [2.05, 4.69) is 3.53 Å². The predicted molar refractivity (Wildman–Crippen MR) is 81.2 cm³/mol. The predicted octanol–water partition coefficient (Wildman–Crippen LogP) is 2.10. The second-order valence-electron chi connectivity index (χ2n) is 3.86. The molecule has 7 nitrogen and oxygen atoms in total. The van der Waals surface area contributed by atoms with Crippen molar-refractivity contribution in [2.24, 2.45) is 0 Å². The van der Waals surface area contributed by atoms with Gasteiger partial charge in [0.05, 0.1) is 33.4 Å². The quantitative estimate of drug-likeness (QED) is 0.388. The summed E-state index contributed by atoms with van der Waals surface area (Å²) in [7, 11) is -8.85. The average molecular weight is 429 g/mol. The summed E-state index contributed by atoms with van der Waals surface area (Å²) in [4.78, 5) is -0.713. The van der Waals surface area contributed by atoms with E-state index in [0.717, 1.165) is 12.1 Å². The van der Waals surface area contributed by atoms with E-state index in [1.807, 2.05) is 0 Å². The molecule has 0 aliphatic carbocycles. The van der Waals surface area contributed by atoms with Crippen LogP contribution in [0.2, 0.25) is 0 Å². The van der Waals surface area contributed by atoms with Crippen molar-refractivity contribution in [1.29, 1.82) is 0 Å². The summed E-state index contributed by atoms with van der Waals surface area (Å²) in [6.07, 6.45) is 0. The highest BCUT2D eigenvalue weighted by Gasteiger charge is 2.18. The molecular formula is C10H8INO6S2. The molecular weight excluding hydrogens is 421 g/mol. The second-order valence-corrected chi connectivity index (χ2v) is 7.21. The highest BCUT2D eigenvalue weighted by Crippen LogP contribution is 2.32. The fourth-order valence-corrected chi connectivity index (χ4v) is 3.44. The monoisotopic (exact) mass is 429 g/mol. The van der Waals surface area contributed by atoms with Crippen molar-refractivity contribution in [3.05, 3.63) is 30.3 Å². The number of hydrogen-bond donors (Lipinski definition) is 3. The maximum atomic E-state index is 11.3. The van der Waals surface area contributed by atoms with Crippen LogP contribution >= 0.6 is 22.9 Å². The lowest BCUT2D eigenvalue weighted by molar-refractivity contribution is 0.482. The third-order valence-corrected chi connectivity index (χ3v) is 4.97. The molecule has 10 heteroatoms. The molecule has 0 aliphatic heterocycles. The number of nitrogens with one attached hydrogen (secondary N) is 1. The minimum Gasteiger partial charge on any atom is -0.328 e. The first kappa shape index (κ1) is 15.4. The fourth-order valence-electron chi connectivity index (χ4n) is 1.77. The van der Waals surface area contributed by atoms with E-state index in [1.54, 1.807) is 22.9 Å². The maximum Gasteiger partial charge on any atom is 0.295 e. The molecule has 0 radical (unpaired) electrons. The maximum absolute atomic E-state index is 11.3. The van der Waals surface area contributed by atoms with Crippen LogP contribution in [0.25, 0.3) is 10.8 Å². The van der Waals surface area contributed by atoms with Crippen molar-refractivity contribution in [3.8, 4) is 0 Å². The molecule has 108 valence electrons. The SMILES string of the molecule is O=S(=O)(O)c1ccc2c(S(=O)(=O)O)ccc(NI)c2c1. The number of benzene rings is 2. The van der Waals surface area contributed by atoms with Crippen molar-refractivity contribution in [2.45, 2.75) is 9.79 Å². The number of hydrogen-bond acceptors (Lipinski definition) is 5. The summed E-state index contributed by atoms with van der Waals surface area (Å²) in [6.45, 7) is 0. The Labute approximate surface area is 129 Å². The van der Waals surface area contributed by atoms with Gasteiger partial charge < -0.3 is 3.53 Å². The van der Waals surface area contributed by atoms with Crippen LogP contribution in [0, 0.1) is 0 Å². The van der Waals surface area contributed by atoms with Crippen LogP contribution < -0.4 is 3.53 Å². The minimum absolute atomic E-state index is 0.140. The Hall–Kier alpha value is -0.950. The van der Waals surface area contributed by atoms with Crippen LogP contribution in [0.4, 0.5) is 5.69 Å². The van der Waals surface area contributed by atoms with Crippen molar-refractivity contribution >= 4 is 59.6 Å². The zero-order valence-corrected chi connectivity index (χ0v) is 13.4. The van der Waals surface area contributed by atoms with Gasteiger partial charge in [0, 0.05) is 10.8 Å². The smallest absolute Gasteiger partial charge is 0.295 e. The Morgan fingerprint density at radius 1 is 0.900 bits per heavy atom. The van der Waals surface area contributed by atoms with Crippen molar-refractivity contribution < 1.29 is 25.9 Å². The third kappa shape index (κ3) is 2.88. The van der Waals surface area contributed by atoms with E-state index in [-0.39, 0.29) is 20.6 Å². The van der Waals surface area contributed by atoms with Gasteiger partial charge in [-0.2, -0.15) is 16.8 Å². The molecule has 0 spiro atoms. The molecule has 0 bridgehead atoms. The highest BCUT2D eigenvalue weighted by atomic mass is 127. The standard InChI is InChI=1S/C10H8INO6S2/c11-12-9-3-4-10(20(16,17)18)7-2-1-6(5-8(7)9)19(13,14)15/h1-5,12H,(H,13,14,15)(H,16,17,18). The third-order valence-electron chi connectivity index (χ3n) is 2.63. The molecule has 0 aliphatic rings. The van der Waals surface area contributed by atoms with Crippen LogP contribution in [0.1, 0.15) is 0 Å². The Kier molecular flexibility index (Phi) is 3.94. The van der Waals surface area contributed by atoms with Crippen LogP contribution in [0.15, 0.2) is 40.1 Å². The Balaban J connectivity index is 2.94. The van der Waals surface area contributed by atoms with Gasteiger partial charge in [-0.1, -0.05) is 6.07 Å². The molecule has 0 saturated carbocycles. The zero-order chi connectivity index (χ0) is 15.1. The van der Waals surface area contributed by atoms with Crippen LogP contribution in [-0.4, -0.2) is 25.9 Å². The lowest BCUT2D eigenvalue weighted by Crippen LogP contribution is -2.02. The van der Waals surface area contributed by atoms with Gasteiger partial charge in [0.2, 0.25) is 0 Å². The first-order chi connectivity index (χ1) is 9.14. The highest BCUT2D eigenvalue weighted by molar-refractivity contribution is 14.1. The topological polar surface area (TPSA) is 121 Å². The van der Waals surface area contributed by atoms with Gasteiger partial charge in [0.15, 0.2) is 0 Å². The number of rotatable bonds is 3. The molecule has 0 saturated heterocycles. The lowest BCUT2D eigenvalue weighted by atomic mass is 10.1. The molecule has 2 rings (SSSR count). The normalized spacial score (nSPS) is 12.6. The Morgan fingerprint density at radius 2 is 1.55 bits per heavy atom. The number of anilines is 1. The zero-order valence-electron chi connectivity index (χ0n) is 9.61. The summed E-state index contributed by atoms with van der Waals surface area (Å²) < 4.78 is 65.8. The van der Waals surface area contributed by atoms with Crippen LogP contribution in [0.3, 0.4) is 0 Å². The van der Waals surface area contributed by atoms with Gasteiger partial charge in [-0.05, 0) is 24.3 Å². The van der Waals surface area contributed by atoms with Crippen molar-refractivity contribution in [1.82, 2.24) is 0 Å². The molecule has 0 fully saturated rings. The fraction of sp³-hybridized carbons (Fsp3) is 0. The summed E-state index contributed by atoms with van der Waals surface area (Å²) in [5, 5.41) is 0.381. The second kappa shape index (κ2) is 5.11. The molecule has 3 N–H and O–H groups in total. The van der Waals surface area contributed by atoms with Gasteiger partial charge in [-0.15, -0.1) is 0 Å².